The lowest BCUT2D eigenvalue weighted by atomic mass is 9.86. The summed E-state index contributed by atoms with van der Waals surface area (Å²) in [4.78, 5) is 30.0. The van der Waals surface area contributed by atoms with Gasteiger partial charge in [0.2, 0.25) is 5.78 Å². The van der Waals surface area contributed by atoms with E-state index in [1.165, 1.54) is 6.08 Å². The zero-order chi connectivity index (χ0) is 14.6. The number of halogens is 1. The number of anilines is 1. The molecule has 0 spiro atoms. The molecule has 2 atom stereocenters. The van der Waals surface area contributed by atoms with Gasteiger partial charge in [-0.2, -0.15) is 0 Å². The third kappa shape index (κ3) is 1.67. The Bertz CT molecular complexity index is 779. The van der Waals surface area contributed by atoms with E-state index in [4.69, 9.17) is 16.4 Å². The van der Waals surface area contributed by atoms with Gasteiger partial charge < -0.3 is 10.2 Å². The Morgan fingerprint density at radius 2 is 2.14 bits per heavy atom. The van der Waals surface area contributed by atoms with Crippen LogP contribution in [0.1, 0.15) is 10.4 Å². The van der Waals surface area contributed by atoms with Crippen molar-refractivity contribution in [2.75, 3.05) is 5.32 Å². The normalized spacial score (nSPS) is 29.2. The molecule has 0 amide bonds. The van der Waals surface area contributed by atoms with E-state index in [0.29, 0.717) is 21.8 Å². The third-order valence-electron chi connectivity index (χ3n) is 3.77. The molecule has 2 aliphatic heterocycles. The molecule has 0 bridgehead atoms. The predicted octanol–water partition coefficient (Wildman–Crippen LogP) is 2.34. The van der Waals surface area contributed by atoms with E-state index in [2.05, 4.69) is 10.5 Å². The first-order valence-electron chi connectivity index (χ1n) is 6.43. The monoisotopic (exact) mass is 300 g/mol. The highest BCUT2D eigenvalue weighted by Gasteiger charge is 2.41. The number of benzene rings is 1. The summed E-state index contributed by atoms with van der Waals surface area (Å²) in [6.07, 6.45) is 4.24. The van der Waals surface area contributed by atoms with Gasteiger partial charge in [-0.1, -0.05) is 28.9 Å². The highest BCUT2D eigenvalue weighted by molar-refractivity contribution is 6.38. The molecule has 0 saturated heterocycles. The molecule has 104 valence electrons. The summed E-state index contributed by atoms with van der Waals surface area (Å²) in [6.45, 7) is 0. The molecule has 5 nitrogen and oxygen atoms in total. The molecule has 3 aliphatic rings. The minimum absolute atomic E-state index is 0.126. The topological polar surface area (TPSA) is 67.8 Å². The highest BCUT2D eigenvalue weighted by atomic mass is 35.5. The lowest BCUT2D eigenvalue weighted by molar-refractivity contribution is -0.113. The smallest absolute Gasteiger partial charge is 0.213 e. The molecule has 1 aliphatic carbocycles. The second-order valence-electron chi connectivity index (χ2n) is 4.99. The van der Waals surface area contributed by atoms with Crippen LogP contribution < -0.4 is 5.32 Å². The maximum atomic E-state index is 12.6. The Kier molecular flexibility index (Phi) is 2.53. The molecule has 1 N–H and O–H groups in total. The van der Waals surface area contributed by atoms with E-state index in [1.807, 2.05) is 0 Å². The van der Waals surface area contributed by atoms with Crippen LogP contribution in [0.4, 0.5) is 5.69 Å². The molecule has 0 fully saturated rings. The lowest BCUT2D eigenvalue weighted by Crippen LogP contribution is -2.31. The molecule has 2 heterocycles. The molecule has 0 aromatic heterocycles. The number of nitrogens with zero attached hydrogens (tertiary/aromatic N) is 1. The second-order valence-corrected chi connectivity index (χ2v) is 5.39. The molecular weight excluding hydrogens is 292 g/mol. The molecular formula is C15H9ClN2O3. The van der Waals surface area contributed by atoms with E-state index < -0.39 is 6.10 Å². The summed E-state index contributed by atoms with van der Waals surface area (Å²) < 4.78 is 0. The molecule has 0 radical (unpaired) electrons. The van der Waals surface area contributed by atoms with Crippen molar-refractivity contribution in [2.45, 2.75) is 6.10 Å². The maximum Gasteiger partial charge on any atom is 0.213 e. The van der Waals surface area contributed by atoms with E-state index in [1.54, 1.807) is 30.5 Å². The van der Waals surface area contributed by atoms with Gasteiger partial charge in [0.25, 0.3) is 0 Å². The van der Waals surface area contributed by atoms with Crippen molar-refractivity contribution < 1.29 is 14.4 Å². The Balaban J connectivity index is 1.87. The Morgan fingerprint density at radius 3 is 2.95 bits per heavy atom. The zero-order valence-corrected chi connectivity index (χ0v) is 11.4. The van der Waals surface area contributed by atoms with Crippen LogP contribution in [-0.2, 0) is 9.63 Å². The first-order valence-corrected chi connectivity index (χ1v) is 6.81. The fraction of sp³-hybridized carbons (Fsp3) is 0.133. The number of carbonyl (C=O) groups excluding carboxylic acids is 2. The Hall–Kier alpha value is -2.40. The number of carbonyl (C=O) groups is 2. The summed E-state index contributed by atoms with van der Waals surface area (Å²) in [6, 6.07) is 5.14. The average Bonchev–Trinajstić information content (AvgIpc) is 3.05. The summed E-state index contributed by atoms with van der Waals surface area (Å²) in [5.41, 5.74) is 1.53. The van der Waals surface area contributed by atoms with Crippen LogP contribution in [-0.4, -0.2) is 23.9 Å². The first-order chi connectivity index (χ1) is 10.2. The molecule has 1 aromatic rings. The molecule has 21 heavy (non-hydrogen) atoms. The number of allylic oxidation sites excluding steroid dienone is 2. The van der Waals surface area contributed by atoms with Gasteiger partial charge in [-0.3, -0.25) is 9.59 Å². The van der Waals surface area contributed by atoms with E-state index in [9.17, 15) is 9.59 Å². The second kappa shape index (κ2) is 4.30. The standard InChI is InChI=1S/C15H9ClN2O3/c16-8-2-1-3-9-11(8)14(20)13(18-9)12-10(19)5-4-7-6-17-21-15(7)12/h1-7,15,18H. The van der Waals surface area contributed by atoms with Crippen LogP contribution in [0.15, 0.2) is 46.8 Å². The van der Waals surface area contributed by atoms with E-state index in [-0.39, 0.29) is 23.2 Å². The number of nitrogens with one attached hydrogen (secondary N) is 1. The van der Waals surface area contributed by atoms with Gasteiger partial charge in [-0.15, -0.1) is 0 Å². The first kappa shape index (κ1) is 12.3. The van der Waals surface area contributed by atoms with Crippen LogP contribution >= 0.6 is 11.6 Å². The molecule has 0 saturated carbocycles. The molecule has 4 rings (SSSR count). The number of oxime groups is 1. The lowest BCUT2D eigenvalue weighted by Gasteiger charge is -2.21. The summed E-state index contributed by atoms with van der Waals surface area (Å²) in [5.74, 6) is -0.663. The fourth-order valence-electron chi connectivity index (χ4n) is 2.77. The zero-order valence-electron chi connectivity index (χ0n) is 10.7. The number of hydrogen-bond acceptors (Lipinski definition) is 5. The van der Waals surface area contributed by atoms with Gasteiger partial charge in [0.05, 0.1) is 39.7 Å². The summed E-state index contributed by atoms with van der Waals surface area (Å²) >= 11 is 6.08. The largest absolute Gasteiger partial charge is 0.387 e. The van der Waals surface area contributed by atoms with Gasteiger partial charge in [-0.25, -0.2) is 0 Å². The van der Waals surface area contributed by atoms with Gasteiger partial charge >= 0.3 is 0 Å². The summed E-state index contributed by atoms with van der Waals surface area (Å²) in [5, 5.41) is 7.10. The van der Waals surface area contributed by atoms with Crippen LogP contribution in [0, 0.1) is 5.92 Å². The number of Topliss-reactive ketones (excluding diaryl/α,β-unsaturated/α-hetero) is 1. The van der Waals surface area contributed by atoms with Gasteiger partial charge in [0.1, 0.15) is 0 Å². The Morgan fingerprint density at radius 1 is 1.29 bits per heavy atom. The van der Waals surface area contributed by atoms with Crippen LogP contribution in [0.5, 0.6) is 0 Å². The number of hydrogen-bond donors (Lipinski definition) is 1. The SMILES string of the molecule is O=C1C=CC2C=NOC2C1=C1Nc2cccc(Cl)c2C1=O. The minimum Gasteiger partial charge on any atom is -0.387 e. The molecule has 2 unspecified atom stereocenters. The minimum atomic E-state index is -0.554. The van der Waals surface area contributed by atoms with Crippen molar-refractivity contribution >= 4 is 35.1 Å². The maximum absolute atomic E-state index is 12.6. The van der Waals surface area contributed by atoms with Gasteiger partial charge in [0.15, 0.2) is 11.9 Å². The van der Waals surface area contributed by atoms with Crippen LogP contribution in [0.3, 0.4) is 0 Å². The number of rotatable bonds is 0. The van der Waals surface area contributed by atoms with Gasteiger partial charge in [-0.05, 0) is 18.2 Å². The van der Waals surface area contributed by atoms with Crippen molar-refractivity contribution in [3.8, 4) is 0 Å². The van der Waals surface area contributed by atoms with E-state index in [0.717, 1.165) is 0 Å². The number of ketones is 2. The highest BCUT2D eigenvalue weighted by Crippen LogP contribution is 2.38. The summed E-state index contributed by atoms with van der Waals surface area (Å²) in [7, 11) is 0. The fourth-order valence-corrected chi connectivity index (χ4v) is 3.03. The van der Waals surface area contributed by atoms with Crippen LogP contribution in [0.2, 0.25) is 5.02 Å². The van der Waals surface area contributed by atoms with E-state index >= 15 is 0 Å². The predicted molar refractivity (Wildman–Crippen MR) is 77.4 cm³/mol. The van der Waals surface area contributed by atoms with Crippen LogP contribution in [0.25, 0.3) is 0 Å². The quantitative estimate of drug-likeness (QED) is 0.747. The third-order valence-corrected chi connectivity index (χ3v) is 4.09. The van der Waals surface area contributed by atoms with Crippen molar-refractivity contribution in [1.82, 2.24) is 0 Å². The van der Waals surface area contributed by atoms with Crippen molar-refractivity contribution in [3.05, 3.63) is 52.2 Å². The number of fused-ring (bicyclic) bond motifs is 2. The van der Waals surface area contributed by atoms with Crippen molar-refractivity contribution in [2.24, 2.45) is 11.1 Å². The van der Waals surface area contributed by atoms with Crippen molar-refractivity contribution in [3.63, 3.8) is 0 Å². The van der Waals surface area contributed by atoms with Crippen molar-refractivity contribution in [1.29, 1.82) is 0 Å². The van der Waals surface area contributed by atoms with Gasteiger partial charge in [0, 0.05) is 0 Å². The molecule has 6 heteroatoms. The Labute approximate surface area is 124 Å². The molecule has 1 aromatic carbocycles. The average molecular weight is 301 g/mol.